The Labute approximate surface area is 119 Å². The summed E-state index contributed by atoms with van der Waals surface area (Å²) in [5.74, 6) is -0.413. The Hall–Kier alpha value is -1.43. The highest BCUT2D eigenvalue weighted by molar-refractivity contribution is 5.93. The zero-order chi connectivity index (χ0) is 14.6. The van der Waals surface area contributed by atoms with Crippen LogP contribution in [0.1, 0.15) is 34.3 Å². The largest absolute Gasteiger partial charge is 0.394 e. The smallest absolute Gasteiger partial charge is 0.248 e. The number of rotatable bonds is 5. The predicted molar refractivity (Wildman–Crippen MR) is 76.4 cm³/mol. The molecule has 1 aliphatic heterocycles. The van der Waals surface area contributed by atoms with E-state index < -0.39 is 5.91 Å². The fourth-order valence-corrected chi connectivity index (χ4v) is 2.48. The Morgan fingerprint density at radius 1 is 1.45 bits per heavy atom. The molecule has 0 spiro atoms. The average Bonchev–Trinajstić information content (AvgIpc) is 2.47. The highest BCUT2D eigenvalue weighted by Gasteiger charge is 2.31. The molecule has 1 aliphatic rings. The second kappa shape index (κ2) is 6.35. The maximum absolute atomic E-state index is 11.1. The Balaban J connectivity index is 2.04. The summed E-state index contributed by atoms with van der Waals surface area (Å²) >= 11 is 0. The van der Waals surface area contributed by atoms with Gasteiger partial charge in [-0.2, -0.15) is 0 Å². The summed E-state index contributed by atoms with van der Waals surface area (Å²) in [5.41, 5.74) is 7.66. The molecule has 5 heteroatoms. The summed E-state index contributed by atoms with van der Waals surface area (Å²) in [6.07, 6.45) is 1.61. The van der Waals surface area contributed by atoms with Gasteiger partial charge in [0.1, 0.15) is 0 Å². The summed E-state index contributed by atoms with van der Waals surface area (Å²) in [4.78, 5) is 11.1. The molecule has 0 atom stereocenters. The quantitative estimate of drug-likeness (QED) is 0.741. The van der Waals surface area contributed by atoms with Crippen molar-refractivity contribution in [1.29, 1.82) is 0 Å². The molecule has 110 valence electrons. The van der Waals surface area contributed by atoms with E-state index in [1.165, 1.54) is 0 Å². The first-order chi connectivity index (χ1) is 9.56. The Bertz CT molecular complexity index is 482. The van der Waals surface area contributed by atoms with Crippen LogP contribution in [0.5, 0.6) is 0 Å². The van der Waals surface area contributed by atoms with Crippen molar-refractivity contribution >= 4 is 5.91 Å². The normalized spacial score (nSPS) is 17.9. The van der Waals surface area contributed by atoms with Gasteiger partial charge in [0, 0.05) is 30.9 Å². The third-order valence-corrected chi connectivity index (χ3v) is 4.03. The van der Waals surface area contributed by atoms with Gasteiger partial charge >= 0.3 is 0 Å². The van der Waals surface area contributed by atoms with Crippen LogP contribution in [0.15, 0.2) is 18.2 Å². The van der Waals surface area contributed by atoms with Crippen molar-refractivity contribution in [1.82, 2.24) is 5.32 Å². The van der Waals surface area contributed by atoms with Crippen molar-refractivity contribution in [3.05, 3.63) is 34.9 Å². The Morgan fingerprint density at radius 2 is 2.15 bits per heavy atom. The van der Waals surface area contributed by atoms with Crippen LogP contribution in [0.3, 0.4) is 0 Å². The van der Waals surface area contributed by atoms with Crippen molar-refractivity contribution in [2.45, 2.75) is 31.8 Å². The lowest BCUT2D eigenvalue weighted by Gasteiger charge is -2.36. The highest BCUT2D eigenvalue weighted by atomic mass is 16.5. The van der Waals surface area contributed by atoms with Gasteiger partial charge in [-0.15, -0.1) is 0 Å². The second-order valence-electron chi connectivity index (χ2n) is 5.41. The van der Waals surface area contributed by atoms with E-state index in [4.69, 9.17) is 10.5 Å². The number of aliphatic hydroxyl groups is 1. The maximum Gasteiger partial charge on any atom is 0.248 e. The SMILES string of the molecule is Cc1cc(C(N)=O)ccc1CNC1(CO)CCOCC1. The number of ether oxygens (including phenoxy) is 1. The minimum atomic E-state index is -0.413. The standard InChI is InChI=1S/C15H22N2O3/c1-11-8-12(14(16)19)2-3-13(11)9-17-15(10-18)4-6-20-7-5-15/h2-3,8,17-18H,4-7,9-10H2,1H3,(H2,16,19). The molecule has 1 amide bonds. The number of primary amides is 1. The molecule has 1 aromatic rings. The van der Waals surface area contributed by atoms with E-state index in [1.807, 2.05) is 13.0 Å². The van der Waals surface area contributed by atoms with Crippen LogP contribution in [-0.4, -0.2) is 36.4 Å². The lowest BCUT2D eigenvalue weighted by Crippen LogP contribution is -2.51. The summed E-state index contributed by atoms with van der Waals surface area (Å²) in [7, 11) is 0. The zero-order valence-corrected chi connectivity index (χ0v) is 11.8. The second-order valence-corrected chi connectivity index (χ2v) is 5.41. The van der Waals surface area contributed by atoms with Crippen molar-refractivity contribution in [3.63, 3.8) is 0 Å². The molecular formula is C15H22N2O3. The van der Waals surface area contributed by atoms with Gasteiger partial charge < -0.3 is 20.9 Å². The fourth-order valence-electron chi connectivity index (χ4n) is 2.48. The van der Waals surface area contributed by atoms with Gasteiger partial charge in [0.25, 0.3) is 0 Å². The number of amides is 1. The zero-order valence-electron chi connectivity index (χ0n) is 11.8. The molecule has 0 saturated carbocycles. The van der Waals surface area contributed by atoms with Crippen molar-refractivity contribution in [2.75, 3.05) is 19.8 Å². The number of aryl methyl sites for hydroxylation is 1. The van der Waals surface area contributed by atoms with Gasteiger partial charge in [-0.05, 0) is 43.0 Å². The number of nitrogens with one attached hydrogen (secondary N) is 1. The molecule has 0 radical (unpaired) electrons. The van der Waals surface area contributed by atoms with Crippen LogP contribution >= 0.6 is 0 Å². The molecule has 0 aromatic heterocycles. The third kappa shape index (κ3) is 3.36. The molecule has 0 unspecified atom stereocenters. The molecule has 4 N–H and O–H groups in total. The van der Waals surface area contributed by atoms with Gasteiger partial charge in [0.15, 0.2) is 0 Å². The van der Waals surface area contributed by atoms with Crippen LogP contribution in [-0.2, 0) is 11.3 Å². The van der Waals surface area contributed by atoms with Crippen molar-refractivity contribution in [2.24, 2.45) is 5.73 Å². The summed E-state index contributed by atoms with van der Waals surface area (Å²) < 4.78 is 5.34. The summed E-state index contributed by atoms with van der Waals surface area (Å²) in [6.45, 7) is 4.07. The molecule has 20 heavy (non-hydrogen) atoms. The molecule has 1 aromatic carbocycles. The predicted octanol–water partition coefficient (Wildman–Crippen LogP) is 0.725. The highest BCUT2D eigenvalue weighted by Crippen LogP contribution is 2.21. The topological polar surface area (TPSA) is 84.6 Å². The molecule has 0 aliphatic carbocycles. The van der Waals surface area contributed by atoms with E-state index in [0.717, 1.165) is 24.0 Å². The lowest BCUT2D eigenvalue weighted by atomic mass is 9.90. The number of benzene rings is 1. The van der Waals surface area contributed by atoms with Crippen molar-refractivity contribution < 1.29 is 14.6 Å². The fraction of sp³-hybridized carbons (Fsp3) is 0.533. The van der Waals surface area contributed by atoms with Crippen LogP contribution in [0.4, 0.5) is 0 Å². The number of hydrogen-bond acceptors (Lipinski definition) is 4. The monoisotopic (exact) mass is 278 g/mol. The van der Waals surface area contributed by atoms with Gasteiger partial charge in [0.05, 0.1) is 6.61 Å². The minimum absolute atomic E-state index is 0.106. The first-order valence-electron chi connectivity index (χ1n) is 6.89. The van der Waals surface area contributed by atoms with Crippen molar-refractivity contribution in [3.8, 4) is 0 Å². The van der Waals surface area contributed by atoms with Crippen LogP contribution in [0.25, 0.3) is 0 Å². The van der Waals surface area contributed by atoms with E-state index in [2.05, 4.69) is 5.32 Å². The number of hydrogen-bond donors (Lipinski definition) is 3. The number of carbonyl (C=O) groups excluding carboxylic acids is 1. The molecular weight excluding hydrogens is 256 g/mol. The van der Waals surface area contributed by atoms with Gasteiger partial charge in [-0.1, -0.05) is 6.07 Å². The molecule has 2 rings (SSSR count). The van der Waals surface area contributed by atoms with E-state index >= 15 is 0 Å². The lowest BCUT2D eigenvalue weighted by molar-refractivity contribution is 0.0111. The number of aliphatic hydroxyl groups excluding tert-OH is 1. The average molecular weight is 278 g/mol. The van der Waals surface area contributed by atoms with Crippen LogP contribution in [0, 0.1) is 6.92 Å². The molecule has 1 heterocycles. The first kappa shape index (κ1) is 15.0. The molecule has 5 nitrogen and oxygen atoms in total. The van der Waals surface area contributed by atoms with E-state index in [1.54, 1.807) is 12.1 Å². The molecule has 0 bridgehead atoms. The third-order valence-electron chi connectivity index (χ3n) is 4.03. The minimum Gasteiger partial charge on any atom is -0.394 e. The number of carbonyl (C=O) groups is 1. The molecule has 1 saturated heterocycles. The van der Waals surface area contributed by atoms with E-state index in [0.29, 0.717) is 25.3 Å². The van der Waals surface area contributed by atoms with Crippen LogP contribution < -0.4 is 11.1 Å². The summed E-state index contributed by atoms with van der Waals surface area (Å²) in [5, 5.41) is 13.1. The van der Waals surface area contributed by atoms with Gasteiger partial charge in [-0.3, -0.25) is 4.79 Å². The first-order valence-corrected chi connectivity index (χ1v) is 6.89. The van der Waals surface area contributed by atoms with Crippen LogP contribution in [0.2, 0.25) is 0 Å². The Kier molecular flexibility index (Phi) is 4.75. The van der Waals surface area contributed by atoms with Gasteiger partial charge in [-0.25, -0.2) is 0 Å². The Morgan fingerprint density at radius 3 is 2.70 bits per heavy atom. The molecule has 1 fully saturated rings. The number of nitrogens with two attached hydrogens (primary N) is 1. The van der Waals surface area contributed by atoms with E-state index in [9.17, 15) is 9.90 Å². The summed E-state index contributed by atoms with van der Waals surface area (Å²) in [6, 6.07) is 5.45. The van der Waals surface area contributed by atoms with E-state index in [-0.39, 0.29) is 12.1 Å². The maximum atomic E-state index is 11.1. The van der Waals surface area contributed by atoms with Gasteiger partial charge in [0.2, 0.25) is 5.91 Å².